The predicted octanol–water partition coefficient (Wildman–Crippen LogP) is 0.603. The Morgan fingerprint density at radius 2 is 1.95 bits per heavy atom. The zero-order valence-electron chi connectivity index (χ0n) is 12.6. The maximum absolute atomic E-state index is 11.8. The second-order valence-corrected chi connectivity index (χ2v) is 5.63. The number of amides is 1. The smallest absolute Gasteiger partial charge is 0.234 e. The summed E-state index contributed by atoms with van der Waals surface area (Å²) >= 11 is 0. The summed E-state index contributed by atoms with van der Waals surface area (Å²) < 4.78 is 4.93. The highest BCUT2D eigenvalue weighted by molar-refractivity contribution is 5.78. The van der Waals surface area contributed by atoms with Crippen LogP contribution in [0.2, 0.25) is 0 Å². The molecule has 1 amide bonds. The fourth-order valence-corrected chi connectivity index (χ4v) is 2.69. The van der Waals surface area contributed by atoms with Crippen LogP contribution in [0.5, 0.6) is 0 Å². The molecule has 0 aliphatic heterocycles. The first-order valence-electron chi connectivity index (χ1n) is 7.24. The van der Waals surface area contributed by atoms with Crippen LogP contribution in [0.15, 0.2) is 0 Å². The van der Waals surface area contributed by atoms with Gasteiger partial charge in [-0.05, 0) is 26.9 Å². The Balaban J connectivity index is 2.29. The lowest BCUT2D eigenvalue weighted by Gasteiger charge is -2.43. The lowest BCUT2D eigenvalue weighted by atomic mass is 9.80. The molecule has 1 saturated carbocycles. The first kappa shape index (κ1) is 16.4. The molecule has 0 aromatic heterocycles. The van der Waals surface area contributed by atoms with Crippen LogP contribution in [-0.4, -0.2) is 63.8 Å². The van der Waals surface area contributed by atoms with Crippen molar-refractivity contribution in [2.45, 2.75) is 37.6 Å². The number of nitrogens with zero attached hydrogens (tertiary/aromatic N) is 1. The summed E-state index contributed by atoms with van der Waals surface area (Å²) in [5.74, 6) is 0.0721. The third-order valence-corrected chi connectivity index (χ3v) is 4.12. The molecule has 112 valence electrons. The largest absolute Gasteiger partial charge is 0.383 e. The van der Waals surface area contributed by atoms with E-state index >= 15 is 0 Å². The van der Waals surface area contributed by atoms with Crippen molar-refractivity contribution in [2.24, 2.45) is 0 Å². The molecule has 0 saturated heterocycles. The molecule has 0 unspecified atom stereocenters. The van der Waals surface area contributed by atoms with Gasteiger partial charge < -0.3 is 20.3 Å². The Kier molecular flexibility index (Phi) is 7.34. The van der Waals surface area contributed by atoms with Crippen LogP contribution in [0.4, 0.5) is 0 Å². The molecule has 0 atom stereocenters. The van der Waals surface area contributed by atoms with Gasteiger partial charge in [-0.3, -0.25) is 4.79 Å². The number of rotatable bonds is 8. The SMILES string of the molecule is COCCNCC(=O)NCC1(N(C)C)CCCCC1. The quantitative estimate of drug-likeness (QED) is 0.635. The fraction of sp³-hybridized carbons (Fsp3) is 0.929. The Labute approximate surface area is 117 Å². The molecule has 2 N–H and O–H groups in total. The average Bonchev–Trinajstić information content (AvgIpc) is 2.42. The van der Waals surface area contributed by atoms with Crippen molar-refractivity contribution in [2.75, 3.05) is 47.4 Å². The van der Waals surface area contributed by atoms with E-state index in [1.54, 1.807) is 7.11 Å². The first-order chi connectivity index (χ1) is 9.10. The summed E-state index contributed by atoms with van der Waals surface area (Å²) in [5, 5.41) is 6.13. The van der Waals surface area contributed by atoms with Crippen molar-refractivity contribution >= 4 is 5.91 Å². The van der Waals surface area contributed by atoms with E-state index in [1.165, 1.54) is 32.1 Å². The molecule has 5 nitrogen and oxygen atoms in total. The molecular formula is C14H29N3O2. The van der Waals surface area contributed by atoms with Gasteiger partial charge in [0.2, 0.25) is 5.91 Å². The van der Waals surface area contributed by atoms with Crippen molar-refractivity contribution in [3.63, 3.8) is 0 Å². The summed E-state index contributed by atoms with van der Waals surface area (Å²) in [4.78, 5) is 14.1. The topological polar surface area (TPSA) is 53.6 Å². The van der Waals surface area contributed by atoms with Crippen molar-refractivity contribution in [3.8, 4) is 0 Å². The van der Waals surface area contributed by atoms with Crippen LogP contribution in [0.3, 0.4) is 0 Å². The molecule has 0 bridgehead atoms. The first-order valence-corrected chi connectivity index (χ1v) is 7.24. The maximum Gasteiger partial charge on any atom is 0.234 e. The lowest BCUT2D eigenvalue weighted by molar-refractivity contribution is -0.121. The molecule has 1 aliphatic carbocycles. The Hall–Kier alpha value is -0.650. The molecule has 19 heavy (non-hydrogen) atoms. The van der Waals surface area contributed by atoms with Crippen LogP contribution < -0.4 is 10.6 Å². The van der Waals surface area contributed by atoms with Gasteiger partial charge in [0.25, 0.3) is 0 Å². The van der Waals surface area contributed by atoms with Crippen LogP contribution in [-0.2, 0) is 9.53 Å². The summed E-state index contributed by atoms with van der Waals surface area (Å²) in [6.07, 6.45) is 6.21. The fourth-order valence-electron chi connectivity index (χ4n) is 2.69. The molecule has 0 heterocycles. The number of hydrogen-bond donors (Lipinski definition) is 2. The minimum absolute atomic E-state index is 0.0721. The molecule has 5 heteroatoms. The number of carbonyl (C=O) groups excluding carboxylic acids is 1. The summed E-state index contributed by atoms with van der Waals surface area (Å²) in [6.45, 7) is 2.47. The maximum atomic E-state index is 11.8. The molecule has 0 aromatic rings. The second-order valence-electron chi connectivity index (χ2n) is 5.63. The minimum Gasteiger partial charge on any atom is -0.383 e. The zero-order valence-corrected chi connectivity index (χ0v) is 12.6. The number of hydrogen-bond acceptors (Lipinski definition) is 4. The predicted molar refractivity (Wildman–Crippen MR) is 77.3 cm³/mol. The third-order valence-electron chi connectivity index (χ3n) is 4.12. The molecular weight excluding hydrogens is 242 g/mol. The highest BCUT2D eigenvalue weighted by Gasteiger charge is 2.34. The van der Waals surface area contributed by atoms with E-state index in [9.17, 15) is 4.79 Å². The van der Waals surface area contributed by atoms with E-state index in [1.807, 2.05) is 0 Å². The number of likely N-dealkylation sites (N-methyl/N-ethyl adjacent to an activating group) is 1. The Morgan fingerprint density at radius 1 is 1.26 bits per heavy atom. The van der Waals surface area contributed by atoms with Gasteiger partial charge in [0.05, 0.1) is 13.2 Å². The van der Waals surface area contributed by atoms with Gasteiger partial charge in [0, 0.05) is 25.7 Å². The molecule has 0 radical (unpaired) electrons. The van der Waals surface area contributed by atoms with Crippen LogP contribution >= 0.6 is 0 Å². The highest BCUT2D eigenvalue weighted by Crippen LogP contribution is 2.31. The van der Waals surface area contributed by atoms with Gasteiger partial charge in [-0.1, -0.05) is 19.3 Å². The summed E-state index contributed by atoms with van der Waals surface area (Å²) in [7, 11) is 5.90. The molecule has 1 aliphatic rings. The molecule has 1 fully saturated rings. The van der Waals surface area contributed by atoms with Crippen molar-refractivity contribution in [3.05, 3.63) is 0 Å². The van der Waals surface area contributed by atoms with E-state index in [-0.39, 0.29) is 11.4 Å². The van der Waals surface area contributed by atoms with E-state index in [0.29, 0.717) is 19.7 Å². The standard InChI is InChI=1S/C14H29N3O2/c1-17(2)14(7-5-4-6-8-14)12-16-13(18)11-15-9-10-19-3/h15H,4-12H2,1-3H3,(H,16,18). The summed E-state index contributed by atoms with van der Waals surface area (Å²) in [5.41, 5.74) is 0.153. The number of ether oxygens (including phenoxy) is 1. The molecule has 1 rings (SSSR count). The number of carbonyl (C=O) groups is 1. The van der Waals surface area contributed by atoms with Crippen molar-refractivity contribution in [1.82, 2.24) is 15.5 Å². The molecule has 0 spiro atoms. The highest BCUT2D eigenvalue weighted by atomic mass is 16.5. The van der Waals surface area contributed by atoms with Gasteiger partial charge in [0.1, 0.15) is 0 Å². The molecule has 0 aromatic carbocycles. The Morgan fingerprint density at radius 3 is 2.53 bits per heavy atom. The number of nitrogens with one attached hydrogen (secondary N) is 2. The van der Waals surface area contributed by atoms with Crippen molar-refractivity contribution in [1.29, 1.82) is 0 Å². The van der Waals surface area contributed by atoms with Crippen LogP contribution in [0, 0.1) is 0 Å². The Bertz CT molecular complexity index is 263. The minimum atomic E-state index is 0.0721. The van der Waals surface area contributed by atoms with E-state index in [2.05, 4.69) is 29.6 Å². The average molecular weight is 271 g/mol. The van der Waals surface area contributed by atoms with Crippen LogP contribution in [0.25, 0.3) is 0 Å². The van der Waals surface area contributed by atoms with Crippen molar-refractivity contribution < 1.29 is 9.53 Å². The van der Waals surface area contributed by atoms with Gasteiger partial charge >= 0.3 is 0 Å². The monoisotopic (exact) mass is 271 g/mol. The van der Waals surface area contributed by atoms with E-state index in [4.69, 9.17) is 4.74 Å². The van der Waals surface area contributed by atoms with Gasteiger partial charge in [-0.25, -0.2) is 0 Å². The van der Waals surface area contributed by atoms with E-state index in [0.717, 1.165) is 6.54 Å². The van der Waals surface area contributed by atoms with Gasteiger partial charge in [0.15, 0.2) is 0 Å². The summed E-state index contributed by atoms with van der Waals surface area (Å²) in [6, 6.07) is 0. The third kappa shape index (κ3) is 5.47. The number of methoxy groups -OCH3 is 1. The van der Waals surface area contributed by atoms with Gasteiger partial charge in [-0.15, -0.1) is 0 Å². The normalized spacial score (nSPS) is 18.5. The second kappa shape index (κ2) is 8.51. The van der Waals surface area contributed by atoms with E-state index < -0.39 is 0 Å². The van der Waals surface area contributed by atoms with Gasteiger partial charge in [-0.2, -0.15) is 0 Å². The van der Waals surface area contributed by atoms with Crippen LogP contribution in [0.1, 0.15) is 32.1 Å². The zero-order chi connectivity index (χ0) is 14.1. The lowest BCUT2D eigenvalue weighted by Crippen LogP contribution is -2.54.